The predicted octanol–water partition coefficient (Wildman–Crippen LogP) is 2.93. The number of nitrogens with zero attached hydrogens (tertiary/aromatic N) is 6. The molecule has 2 aliphatic rings. The maximum atomic E-state index is 5.51. The van der Waals surface area contributed by atoms with Crippen LogP contribution in [0.3, 0.4) is 0 Å². The van der Waals surface area contributed by atoms with Crippen LogP contribution >= 0.6 is 0 Å². The lowest BCUT2D eigenvalue weighted by Gasteiger charge is -2.36. The average Bonchev–Trinajstić information content (AvgIpc) is 3.24. The summed E-state index contributed by atoms with van der Waals surface area (Å²) in [5, 5.41) is 1.08. The number of fused-ring (bicyclic) bond motifs is 1. The van der Waals surface area contributed by atoms with Crippen molar-refractivity contribution < 1.29 is 4.42 Å². The molecule has 3 aromatic heterocycles. The molecular formula is C20H24N6O. The molecule has 0 N–H and O–H groups in total. The Labute approximate surface area is 158 Å². The first-order valence-corrected chi connectivity index (χ1v) is 9.78. The van der Waals surface area contributed by atoms with Gasteiger partial charge in [0.1, 0.15) is 17.2 Å². The van der Waals surface area contributed by atoms with Gasteiger partial charge in [-0.3, -0.25) is 0 Å². The van der Waals surface area contributed by atoms with Crippen LogP contribution in [0.2, 0.25) is 0 Å². The first kappa shape index (κ1) is 16.4. The molecular weight excluding hydrogens is 340 g/mol. The van der Waals surface area contributed by atoms with Gasteiger partial charge in [-0.05, 0) is 37.5 Å². The predicted molar refractivity (Wildman–Crippen MR) is 107 cm³/mol. The van der Waals surface area contributed by atoms with Crippen molar-refractivity contribution >= 4 is 28.6 Å². The fourth-order valence-corrected chi connectivity index (χ4v) is 4.04. The third-order valence-corrected chi connectivity index (χ3v) is 5.53. The SMILES string of the molecule is c1cc(N2CCN(c3nccc4occc34)CC2)nc(N2CCCCC2)n1. The Kier molecular flexibility index (Phi) is 4.27. The Hall–Kier alpha value is -2.83. The minimum atomic E-state index is 0.875. The monoisotopic (exact) mass is 364 g/mol. The molecule has 0 spiro atoms. The van der Waals surface area contributed by atoms with E-state index in [4.69, 9.17) is 9.40 Å². The van der Waals surface area contributed by atoms with Crippen molar-refractivity contribution in [2.75, 3.05) is 54.0 Å². The number of hydrogen-bond donors (Lipinski definition) is 0. The maximum Gasteiger partial charge on any atom is 0.227 e. The first-order chi connectivity index (χ1) is 13.4. The zero-order valence-corrected chi connectivity index (χ0v) is 15.4. The summed E-state index contributed by atoms with van der Waals surface area (Å²) in [5.74, 6) is 2.91. The van der Waals surface area contributed by atoms with Gasteiger partial charge in [0.05, 0.1) is 11.6 Å². The van der Waals surface area contributed by atoms with E-state index in [1.807, 2.05) is 30.6 Å². The van der Waals surface area contributed by atoms with Gasteiger partial charge in [0.25, 0.3) is 0 Å². The summed E-state index contributed by atoms with van der Waals surface area (Å²) in [6.45, 7) is 5.81. The van der Waals surface area contributed by atoms with Crippen LogP contribution in [-0.2, 0) is 0 Å². The highest BCUT2D eigenvalue weighted by Crippen LogP contribution is 2.27. The van der Waals surface area contributed by atoms with Crippen molar-refractivity contribution in [3.05, 3.63) is 36.9 Å². The molecule has 7 nitrogen and oxygen atoms in total. The van der Waals surface area contributed by atoms with Crippen LogP contribution in [0.4, 0.5) is 17.6 Å². The second kappa shape index (κ2) is 7.06. The van der Waals surface area contributed by atoms with E-state index in [1.165, 1.54) is 19.3 Å². The number of aromatic nitrogens is 3. The largest absolute Gasteiger partial charge is 0.464 e. The lowest BCUT2D eigenvalue weighted by molar-refractivity contribution is 0.567. The van der Waals surface area contributed by atoms with Gasteiger partial charge in [0.15, 0.2) is 0 Å². The van der Waals surface area contributed by atoms with Crippen molar-refractivity contribution in [3.8, 4) is 0 Å². The third kappa shape index (κ3) is 3.18. The molecule has 0 radical (unpaired) electrons. The number of piperazine rings is 1. The molecule has 0 atom stereocenters. The Bertz CT molecular complexity index is 911. The highest BCUT2D eigenvalue weighted by molar-refractivity contribution is 5.88. The van der Waals surface area contributed by atoms with Crippen LogP contribution < -0.4 is 14.7 Å². The van der Waals surface area contributed by atoms with E-state index in [2.05, 4.69) is 24.7 Å². The second-order valence-electron chi connectivity index (χ2n) is 7.20. The van der Waals surface area contributed by atoms with Gasteiger partial charge in [-0.2, -0.15) is 4.98 Å². The van der Waals surface area contributed by atoms with Crippen LogP contribution in [0.25, 0.3) is 11.0 Å². The van der Waals surface area contributed by atoms with E-state index in [1.54, 1.807) is 6.26 Å². The van der Waals surface area contributed by atoms with Gasteiger partial charge in [0, 0.05) is 51.7 Å². The summed E-state index contributed by atoms with van der Waals surface area (Å²) in [5.41, 5.74) is 0.893. The van der Waals surface area contributed by atoms with E-state index < -0.39 is 0 Å². The molecule has 27 heavy (non-hydrogen) atoms. The van der Waals surface area contributed by atoms with Crippen molar-refractivity contribution in [2.24, 2.45) is 0 Å². The molecule has 2 saturated heterocycles. The third-order valence-electron chi connectivity index (χ3n) is 5.53. The number of hydrogen-bond acceptors (Lipinski definition) is 7. The second-order valence-corrected chi connectivity index (χ2v) is 7.20. The zero-order chi connectivity index (χ0) is 18.1. The fraction of sp³-hybridized carbons (Fsp3) is 0.450. The Morgan fingerprint density at radius 3 is 2.37 bits per heavy atom. The van der Waals surface area contributed by atoms with Gasteiger partial charge < -0.3 is 19.1 Å². The quantitative estimate of drug-likeness (QED) is 0.708. The normalized spacial score (nSPS) is 18.3. The van der Waals surface area contributed by atoms with Crippen LogP contribution in [0.15, 0.2) is 41.3 Å². The molecule has 5 heterocycles. The Balaban J connectivity index is 1.30. The van der Waals surface area contributed by atoms with Crippen LogP contribution in [0.1, 0.15) is 19.3 Å². The summed E-state index contributed by atoms with van der Waals surface area (Å²) in [6, 6.07) is 5.94. The molecule has 0 aromatic carbocycles. The topological polar surface area (TPSA) is 61.5 Å². The number of anilines is 3. The van der Waals surface area contributed by atoms with Gasteiger partial charge in [-0.25, -0.2) is 9.97 Å². The van der Waals surface area contributed by atoms with Crippen LogP contribution in [-0.4, -0.2) is 54.2 Å². The molecule has 2 aliphatic heterocycles. The van der Waals surface area contributed by atoms with Gasteiger partial charge >= 0.3 is 0 Å². The summed E-state index contributed by atoms with van der Waals surface area (Å²) in [6.07, 6.45) is 9.23. The fourth-order valence-electron chi connectivity index (χ4n) is 4.04. The molecule has 3 aromatic rings. The Morgan fingerprint density at radius 1 is 0.741 bits per heavy atom. The molecule has 140 valence electrons. The summed E-state index contributed by atoms with van der Waals surface area (Å²) >= 11 is 0. The van der Waals surface area contributed by atoms with E-state index in [-0.39, 0.29) is 0 Å². The van der Waals surface area contributed by atoms with E-state index in [0.29, 0.717) is 0 Å². The maximum absolute atomic E-state index is 5.51. The van der Waals surface area contributed by atoms with Gasteiger partial charge in [-0.1, -0.05) is 0 Å². The average molecular weight is 364 g/mol. The van der Waals surface area contributed by atoms with Crippen LogP contribution in [0.5, 0.6) is 0 Å². The number of pyridine rings is 1. The molecule has 0 saturated carbocycles. The lowest BCUT2D eigenvalue weighted by atomic mass is 10.1. The number of rotatable bonds is 3. The molecule has 0 amide bonds. The summed E-state index contributed by atoms with van der Waals surface area (Å²) < 4.78 is 5.51. The van der Waals surface area contributed by atoms with Gasteiger partial charge in [0.2, 0.25) is 5.95 Å². The number of furan rings is 1. The van der Waals surface area contributed by atoms with E-state index >= 15 is 0 Å². The highest BCUT2D eigenvalue weighted by Gasteiger charge is 2.22. The molecule has 0 bridgehead atoms. The minimum Gasteiger partial charge on any atom is -0.464 e. The smallest absolute Gasteiger partial charge is 0.227 e. The zero-order valence-electron chi connectivity index (χ0n) is 15.4. The molecule has 7 heteroatoms. The lowest BCUT2D eigenvalue weighted by Crippen LogP contribution is -2.47. The number of piperidine rings is 1. The minimum absolute atomic E-state index is 0.875. The summed E-state index contributed by atoms with van der Waals surface area (Å²) in [4.78, 5) is 20.9. The Morgan fingerprint density at radius 2 is 1.52 bits per heavy atom. The van der Waals surface area contributed by atoms with Crippen molar-refractivity contribution in [1.29, 1.82) is 0 Å². The van der Waals surface area contributed by atoms with Crippen molar-refractivity contribution in [1.82, 2.24) is 15.0 Å². The van der Waals surface area contributed by atoms with E-state index in [0.717, 1.165) is 67.8 Å². The molecule has 5 rings (SSSR count). The highest BCUT2D eigenvalue weighted by atomic mass is 16.3. The van der Waals surface area contributed by atoms with Crippen LogP contribution in [0, 0.1) is 0 Å². The molecule has 2 fully saturated rings. The van der Waals surface area contributed by atoms with E-state index in [9.17, 15) is 0 Å². The molecule has 0 unspecified atom stereocenters. The molecule has 0 aliphatic carbocycles. The van der Waals surface area contributed by atoms with Gasteiger partial charge in [-0.15, -0.1) is 0 Å². The summed E-state index contributed by atoms with van der Waals surface area (Å²) in [7, 11) is 0. The standard InChI is InChI=1S/C20H24N6O/c1-2-9-26(10-3-1)20-22-8-5-18(23-20)24-11-13-25(14-12-24)19-16-6-15-27-17(16)4-7-21-19/h4-8,15H,1-3,9-14H2. The van der Waals surface area contributed by atoms with Crippen molar-refractivity contribution in [3.63, 3.8) is 0 Å². The van der Waals surface area contributed by atoms with Crippen molar-refractivity contribution in [2.45, 2.75) is 19.3 Å². The first-order valence-electron chi connectivity index (χ1n) is 9.78.